The van der Waals surface area contributed by atoms with Crippen molar-refractivity contribution in [3.8, 4) is 0 Å². The highest BCUT2D eigenvalue weighted by Gasteiger charge is 2.17. The van der Waals surface area contributed by atoms with E-state index >= 15 is 0 Å². The maximum Gasteiger partial charge on any atom is 0.159 e. The van der Waals surface area contributed by atoms with Gasteiger partial charge in [0.2, 0.25) is 0 Å². The van der Waals surface area contributed by atoms with Crippen LogP contribution < -0.4 is 5.32 Å². The van der Waals surface area contributed by atoms with Gasteiger partial charge in [0.25, 0.3) is 0 Å². The van der Waals surface area contributed by atoms with Crippen LogP contribution in [0.25, 0.3) is 0 Å². The molecule has 1 fully saturated rings. The van der Waals surface area contributed by atoms with Gasteiger partial charge in [-0.1, -0.05) is 6.58 Å². The molecule has 1 aliphatic heterocycles. The van der Waals surface area contributed by atoms with Crippen LogP contribution in [0.1, 0.15) is 12.8 Å². The number of ketones is 1. The van der Waals surface area contributed by atoms with E-state index in [0.29, 0.717) is 0 Å². The van der Waals surface area contributed by atoms with Crippen LogP contribution in [-0.4, -0.2) is 18.9 Å². The lowest BCUT2D eigenvalue weighted by Crippen LogP contribution is -2.33. The first-order chi connectivity index (χ1) is 4.84. The molecule has 10 heavy (non-hydrogen) atoms. The molecule has 1 saturated heterocycles. The fourth-order valence-electron chi connectivity index (χ4n) is 1.26. The SMILES string of the molecule is C=CC(=O)[C@H]1CCCNC1. The first-order valence-corrected chi connectivity index (χ1v) is 3.71. The number of rotatable bonds is 2. The molecule has 0 radical (unpaired) electrons. The third-order valence-corrected chi connectivity index (χ3v) is 1.90. The average molecular weight is 139 g/mol. The van der Waals surface area contributed by atoms with Crippen molar-refractivity contribution in [2.75, 3.05) is 13.1 Å². The van der Waals surface area contributed by atoms with Crippen molar-refractivity contribution >= 4 is 5.78 Å². The van der Waals surface area contributed by atoms with Crippen molar-refractivity contribution in [1.82, 2.24) is 5.32 Å². The van der Waals surface area contributed by atoms with E-state index in [1.807, 2.05) is 0 Å². The fourth-order valence-corrected chi connectivity index (χ4v) is 1.26. The van der Waals surface area contributed by atoms with Crippen LogP contribution in [0.2, 0.25) is 0 Å². The van der Waals surface area contributed by atoms with E-state index in [-0.39, 0.29) is 11.7 Å². The molecule has 0 aliphatic carbocycles. The molecule has 0 amide bonds. The molecular formula is C8H13NO. The van der Waals surface area contributed by atoms with Crippen LogP contribution in [0.4, 0.5) is 0 Å². The van der Waals surface area contributed by atoms with Gasteiger partial charge in [-0.15, -0.1) is 0 Å². The second-order valence-corrected chi connectivity index (χ2v) is 2.65. The van der Waals surface area contributed by atoms with Gasteiger partial charge >= 0.3 is 0 Å². The van der Waals surface area contributed by atoms with Crippen molar-refractivity contribution in [3.05, 3.63) is 12.7 Å². The second kappa shape index (κ2) is 3.52. The predicted octanol–water partition coefficient (Wildman–Crippen LogP) is 0.741. The van der Waals surface area contributed by atoms with E-state index in [9.17, 15) is 4.79 Å². The van der Waals surface area contributed by atoms with Gasteiger partial charge < -0.3 is 5.32 Å². The first kappa shape index (κ1) is 7.48. The summed E-state index contributed by atoms with van der Waals surface area (Å²) in [5.41, 5.74) is 0. The van der Waals surface area contributed by atoms with Gasteiger partial charge in [-0.05, 0) is 25.5 Å². The van der Waals surface area contributed by atoms with Crippen LogP contribution in [0, 0.1) is 5.92 Å². The molecule has 0 saturated carbocycles. The molecule has 56 valence electrons. The van der Waals surface area contributed by atoms with Crippen LogP contribution in [0.3, 0.4) is 0 Å². The Morgan fingerprint density at radius 2 is 2.50 bits per heavy atom. The summed E-state index contributed by atoms with van der Waals surface area (Å²) in [6, 6.07) is 0. The molecular weight excluding hydrogens is 126 g/mol. The summed E-state index contributed by atoms with van der Waals surface area (Å²) in [5.74, 6) is 0.387. The Kier molecular flexibility index (Phi) is 2.63. The minimum Gasteiger partial charge on any atom is -0.316 e. The standard InChI is InChI=1S/C8H13NO/c1-2-8(10)7-4-3-5-9-6-7/h2,7,9H,1,3-6H2/t7-/m0/s1. The molecule has 0 unspecified atom stereocenters. The van der Waals surface area contributed by atoms with Gasteiger partial charge in [-0.2, -0.15) is 0 Å². The predicted molar refractivity (Wildman–Crippen MR) is 40.8 cm³/mol. The fraction of sp³-hybridized carbons (Fsp3) is 0.625. The lowest BCUT2D eigenvalue weighted by molar-refractivity contribution is -0.118. The van der Waals surface area contributed by atoms with Crippen LogP contribution in [-0.2, 0) is 4.79 Å². The lowest BCUT2D eigenvalue weighted by Gasteiger charge is -2.19. The van der Waals surface area contributed by atoms with E-state index in [4.69, 9.17) is 0 Å². The molecule has 1 atom stereocenters. The van der Waals surface area contributed by atoms with Gasteiger partial charge in [0.05, 0.1) is 0 Å². The molecule has 2 heteroatoms. The molecule has 0 spiro atoms. The molecule has 0 aromatic carbocycles. The Morgan fingerprint density at radius 1 is 1.70 bits per heavy atom. The number of piperidine rings is 1. The maximum atomic E-state index is 11.0. The van der Waals surface area contributed by atoms with Crippen molar-refractivity contribution in [1.29, 1.82) is 0 Å². The molecule has 1 rings (SSSR count). The second-order valence-electron chi connectivity index (χ2n) is 2.65. The van der Waals surface area contributed by atoms with E-state index < -0.39 is 0 Å². The summed E-state index contributed by atoms with van der Waals surface area (Å²) in [4.78, 5) is 11.0. The largest absolute Gasteiger partial charge is 0.316 e. The monoisotopic (exact) mass is 139 g/mol. The normalized spacial score (nSPS) is 25.8. The number of nitrogens with one attached hydrogen (secondary N) is 1. The molecule has 1 heterocycles. The average Bonchev–Trinajstić information content (AvgIpc) is 2.05. The Morgan fingerprint density at radius 3 is 3.00 bits per heavy atom. The molecule has 1 aliphatic rings. The molecule has 1 N–H and O–H groups in total. The summed E-state index contributed by atoms with van der Waals surface area (Å²) >= 11 is 0. The van der Waals surface area contributed by atoms with Gasteiger partial charge in [0.15, 0.2) is 5.78 Å². The maximum absolute atomic E-state index is 11.0. The number of hydrogen-bond donors (Lipinski definition) is 1. The molecule has 0 aromatic heterocycles. The van der Waals surface area contributed by atoms with Crippen LogP contribution in [0.15, 0.2) is 12.7 Å². The van der Waals surface area contributed by atoms with Gasteiger partial charge in [-0.3, -0.25) is 4.79 Å². The van der Waals surface area contributed by atoms with Crippen LogP contribution in [0.5, 0.6) is 0 Å². The van der Waals surface area contributed by atoms with Gasteiger partial charge in [-0.25, -0.2) is 0 Å². The third-order valence-electron chi connectivity index (χ3n) is 1.90. The topological polar surface area (TPSA) is 29.1 Å². The highest BCUT2D eigenvalue weighted by atomic mass is 16.1. The number of hydrogen-bond acceptors (Lipinski definition) is 2. The lowest BCUT2D eigenvalue weighted by atomic mass is 9.95. The summed E-state index contributed by atoms with van der Waals surface area (Å²) in [6.45, 7) is 5.35. The zero-order valence-corrected chi connectivity index (χ0v) is 6.10. The van der Waals surface area contributed by atoms with E-state index in [1.165, 1.54) is 6.08 Å². The summed E-state index contributed by atoms with van der Waals surface area (Å²) < 4.78 is 0. The van der Waals surface area contributed by atoms with Crippen LogP contribution >= 0.6 is 0 Å². The third kappa shape index (κ3) is 1.67. The highest BCUT2D eigenvalue weighted by molar-refractivity contribution is 5.91. The first-order valence-electron chi connectivity index (χ1n) is 3.71. The van der Waals surface area contributed by atoms with Crippen molar-refractivity contribution in [2.45, 2.75) is 12.8 Å². The minimum atomic E-state index is 0.187. The molecule has 0 bridgehead atoms. The number of carbonyl (C=O) groups excluding carboxylic acids is 1. The molecule has 2 nitrogen and oxygen atoms in total. The van der Waals surface area contributed by atoms with Crippen molar-refractivity contribution < 1.29 is 4.79 Å². The highest BCUT2D eigenvalue weighted by Crippen LogP contribution is 2.10. The van der Waals surface area contributed by atoms with Gasteiger partial charge in [0.1, 0.15) is 0 Å². The zero-order chi connectivity index (χ0) is 7.40. The van der Waals surface area contributed by atoms with Crippen molar-refractivity contribution in [3.63, 3.8) is 0 Å². The van der Waals surface area contributed by atoms with E-state index in [1.54, 1.807) is 0 Å². The molecule has 0 aromatic rings. The Hall–Kier alpha value is -0.630. The summed E-state index contributed by atoms with van der Waals surface area (Å²) in [6.07, 6.45) is 3.57. The zero-order valence-electron chi connectivity index (χ0n) is 6.10. The minimum absolute atomic E-state index is 0.187. The van der Waals surface area contributed by atoms with E-state index in [2.05, 4.69) is 11.9 Å². The van der Waals surface area contributed by atoms with Crippen molar-refractivity contribution in [2.24, 2.45) is 5.92 Å². The summed E-state index contributed by atoms with van der Waals surface area (Å²) in [7, 11) is 0. The quantitative estimate of drug-likeness (QED) is 0.572. The number of allylic oxidation sites excluding steroid dienone is 1. The number of carbonyl (C=O) groups is 1. The Bertz CT molecular complexity index is 136. The Balaban J connectivity index is 2.38. The Labute approximate surface area is 61.3 Å². The van der Waals surface area contributed by atoms with E-state index in [0.717, 1.165) is 25.9 Å². The van der Waals surface area contributed by atoms with Gasteiger partial charge in [0, 0.05) is 12.5 Å². The smallest absolute Gasteiger partial charge is 0.159 e. The summed E-state index contributed by atoms with van der Waals surface area (Å²) in [5, 5.41) is 3.18.